The molecule has 0 aliphatic rings. The highest BCUT2D eigenvalue weighted by Crippen LogP contribution is 2.18. The molecule has 0 aromatic carbocycles. The van der Waals surface area contributed by atoms with Gasteiger partial charge >= 0.3 is 0 Å². The van der Waals surface area contributed by atoms with Gasteiger partial charge in [-0.05, 0) is 19.5 Å². The molecule has 1 nitrogen and oxygen atoms in total. The Morgan fingerprint density at radius 2 is 2.11 bits per heavy atom. The molecule has 0 aromatic heterocycles. The molecule has 0 bridgehead atoms. The molecule has 0 fully saturated rings. The molecule has 0 aliphatic heterocycles. The van der Waals surface area contributed by atoms with Crippen LogP contribution in [0.2, 0.25) is 0 Å². The van der Waals surface area contributed by atoms with Crippen LogP contribution in [0.5, 0.6) is 0 Å². The van der Waals surface area contributed by atoms with E-state index in [2.05, 4.69) is 20.5 Å². The molecule has 0 aromatic rings. The smallest absolute Gasteiger partial charge is 0.0731 e. The van der Waals surface area contributed by atoms with Gasteiger partial charge in [-0.2, -0.15) is 0 Å². The van der Waals surface area contributed by atoms with Crippen molar-refractivity contribution in [2.24, 2.45) is 0 Å². The molecule has 0 amide bonds. The summed E-state index contributed by atoms with van der Waals surface area (Å²) < 4.78 is 5.50. The van der Waals surface area contributed by atoms with Crippen LogP contribution in [-0.2, 0) is 4.74 Å². The summed E-state index contributed by atoms with van der Waals surface area (Å²) in [6, 6.07) is 0. The first-order valence-corrected chi connectivity index (χ1v) is 5.21. The molecular weight excluding hydrogens is 131 g/mol. The van der Waals surface area contributed by atoms with Gasteiger partial charge in [-0.3, -0.25) is 0 Å². The van der Waals surface area contributed by atoms with Gasteiger partial charge in [-0.15, -0.1) is 0 Å². The fourth-order valence-corrected chi connectivity index (χ4v) is 1.36. The molecule has 0 radical (unpaired) electrons. The summed E-state index contributed by atoms with van der Waals surface area (Å²) in [4.78, 5) is 0. The minimum atomic E-state index is 0.532. The number of hydrogen-bond donors (Lipinski definition) is 0. The van der Waals surface area contributed by atoms with E-state index in [4.69, 9.17) is 4.74 Å². The number of hydrogen-bond acceptors (Lipinski definition) is 1. The topological polar surface area (TPSA) is 9.23 Å². The predicted molar refractivity (Wildman–Crippen MR) is 44.6 cm³/mol. The Morgan fingerprint density at radius 3 is 2.44 bits per heavy atom. The van der Waals surface area contributed by atoms with Gasteiger partial charge in [0.25, 0.3) is 0 Å². The molecule has 2 unspecified atom stereocenters. The Bertz CT molecular complexity index is 52.9. The molecule has 9 heavy (non-hydrogen) atoms. The maximum Gasteiger partial charge on any atom is 0.0731 e. The molecule has 0 heterocycles. The SMILES string of the molecule is CCCOC(CC)PC. The fourth-order valence-electron chi connectivity index (χ4n) is 0.665. The molecule has 2 atom stereocenters. The maximum atomic E-state index is 5.50. The lowest BCUT2D eigenvalue weighted by atomic mass is 10.5. The minimum absolute atomic E-state index is 0.532. The van der Waals surface area contributed by atoms with Crippen LogP contribution in [0.1, 0.15) is 26.7 Å². The lowest BCUT2D eigenvalue weighted by Crippen LogP contribution is -2.05. The molecular formula is C7H17OP. The predicted octanol–water partition coefficient (Wildman–Crippen LogP) is 2.46. The first-order valence-electron chi connectivity index (χ1n) is 3.64. The van der Waals surface area contributed by atoms with E-state index >= 15 is 0 Å². The molecule has 0 aliphatic carbocycles. The van der Waals surface area contributed by atoms with E-state index in [1.54, 1.807) is 0 Å². The van der Waals surface area contributed by atoms with Crippen molar-refractivity contribution in [1.29, 1.82) is 0 Å². The van der Waals surface area contributed by atoms with E-state index in [0.29, 0.717) is 5.85 Å². The van der Waals surface area contributed by atoms with Crippen molar-refractivity contribution in [3.05, 3.63) is 0 Å². The normalized spacial score (nSPS) is 15.0. The standard InChI is InChI=1S/C7H17OP/c1-4-6-8-7(5-2)9-3/h7,9H,4-6H2,1-3H3. The van der Waals surface area contributed by atoms with E-state index in [0.717, 1.165) is 28.0 Å². The van der Waals surface area contributed by atoms with Gasteiger partial charge < -0.3 is 4.74 Å². The summed E-state index contributed by atoms with van der Waals surface area (Å²) in [7, 11) is 0.937. The van der Waals surface area contributed by atoms with Gasteiger partial charge in [-0.25, -0.2) is 0 Å². The molecule has 2 heteroatoms. The van der Waals surface area contributed by atoms with E-state index in [-0.39, 0.29) is 0 Å². The lowest BCUT2D eigenvalue weighted by molar-refractivity contribution is 0.109. The zero-order valence-electron chi connectivity index (χ0n) is 6.61. The van der Waals surface area contributed by atoms with Gasteiger partial charge in [-0.1, -0.05) is 22.4 Å². The Kier molecular flexibility index (Phi) is 6.79. The van der Waals surface area contributed by atoms with Crippen molar-refractivity contribution in [3.63, 3.8) is 0 Å². The fraction of sp³-hybridized carbons (Fsp3) is 1.00. The van der Waals surface area contributed by atoms with Crippen molar-refractivity contribution in [1.82, 2.24) is 0 Å². The van der Waals surface area contributed by atoms with Crippen LogP contribution in [0.4, 0.5) is 0 Å². The summed E-state index contributed by atoms with van der Waals surface area (Å²) in [5.41, 5.74) is 0. The van der Waals surface area contributed by atoms with E-state index < -0.39 is 0 Å². The van der Waals surface area contributed by atoms with Crippen molar-refractivity contribution in [3.8, 4) is 0 Å². The lowest BCUT2D eigenvalue weighted by Gasteiger charge is -2.12. The minimum Gasteiger partial charge on any atom is -0.374 e. The first kappa shape index (κ1) is 9.39. The summed E-state index contributed by atoms with van der Waals surface area (Å²) >= 11 is 0. The number of rotatable bonds is 5. The maximum absolute atomic E-state index is 5.50. The average Bonchev–Trinajstić information content (AvgIpc) is 1.91. The zero-order valence-corrected chi connectivity index (χ0v) is 7.61. The average molecular weight is 148 g/mol. The van der Waals surface area contributed by atoms with Crippen molar-refractivity contribution in [2.45, 2.75) is 32.5 Å². The third-order valence-electron chi connectivity index (χ3n) is 1.22. The third-order valence-corrected chi connectivity index (χ3v) is 2.43. The van der Waals surface area contributed by atoms with Crippen LogP contribution in [0.3, 0.4) is 0 Å². The highest BCUT2D eigenvalue weighted by molar-refractivity contribution is 7.37. The highest BCUT2D eigenvalue weighted by atomic mass is 31.1. The van der Waals surface area contributed by atoms with Gasteiger partial charge in [0.1, 0.15) is 0 Å². The molecule has 0 saturated heterocycles. The molecule has 56 valence electrons. The van der Waals surface area contributed by atoms with Crippen LogP contribution in [-0.4, -0.2) is 19.1 Å². The second-order valence-corrected chi connectivity index (χ2v) is 3.28. The Labute approximate surface area is 60.0 Å². The van der Waals surface area contributed by atoms with Gasteiger partial charge in [0.2, 0.25) is 0 Å². The molecule has 0 rings (SSSR count). The third kappa shape index (κ3) is 4.87. The number of ether oxygens (including phenoxy) is 1. The van der Waals surface area contributed by atoms with Crippen LogP contribution in [0.15, 0.2) is 0 Å². The van der Waals surface area contributed by atoms with Crippen molar-refractivity contribution in [2.75, 3.05) is 13.3 Å². The summed E-state index contributed by atoms with van der Waals surface area (Å²) in [5, 5.41) is 0. The second kappa shape index (κ2) is 6.51. The van der Waals surface area contributed by atoms with Crippen LogP contribution < -0.4 is 0 Å². The largest absolute Gasteiger partial charge is 0.374 e. The summed E-state index contributed by atoms with van der Waals surface area (Å²) in [6.45, 7) is 7.45. The van der Waals surface area contributed by atoms with Crippen LogP contribution in [0.25, 0.3) is 0 Å². The van der Waals surface area contributed by atoms with E-state index in [1.165, 1.54) is 0 Å². The highest BCUT2D eigenvalue weighted by Gasteiger charge is 1.99. The quantitative estimate of drug-likeness (QED) is 0.544. The Morgan fingerprint density at radius 1 is 1.44 bits per heavy atom. The molecule has 0 spiro atoms. The Hall–Kier alpha value is 0.390. The van der Waals surface area contributed by atoms with Gasteiger partial charge in [0.15, 0.2) is 0 Å². The van der Waals surface area contributed by atoms with Crippen LogP contribution >= 0.6 is 8.58 Å². The zero-order chi connectivity index (χ0) is 7.11. The first-order chi connectivity index (χ1) is 4.35. The molecule has 0 N–H and O–H groups in total. The second-order valence-electron chi connectivity index (χ2n) is 2.06. The van der Waals surface area contributed by atoms with Gasteiger partial charge in [0.05, 0.1) is 5.85 Å². The van der Waals surface area contributed by atoms with Crippen LogP contribution in [0, 0.1) is 0 Å². The van der Waals surface area contributed by atoms with Gasteiger partial charge in [0, 0.05) is 6.61 Å². The monoisotopic (exact) mass is 148 g/mol. The van der Waals surface area contributed by atoms with Crippen molar-refractivity contribution < 1.29 is 4.74 Å². The molecule has 0 saturated carbocycles. The van der Waals surface area contributed by atoms with Crippen molar-refractivity contribution >= 4 is 8.58 Å². The summed E-state index contributed by atoms with van der Waals surface area (Å²) in [6.07, 6.45) is 2.30. The van der Waals surface area contributed by atoms with E-state index in [9.17, 15) is 0 Å². The van der Waals surface area contributed by atoms with E-state index in [1.807, 2.05) is 0 Å². The summed E-state index contributed by atoms with van der Waals surface area (Å²) in [5.74, 6) is 0.532. The Balaban J connectivity index is 3.09.